The number of benzene rings is 1. The molecule has 16 heavy (non-hydrogen) atoms. The monoisotopic (exact) mass is 220 g/mol. The molecule has 3 heteroatoms. The molecule has 0 aliphatic heterocycles. The minimum Gasteiger partial charge on any atom is -0.426 e. The zero-order valence-corrected chi connectivity index (χ0v) is 9.82. The molecule has 0 aliphatic carbocycles. The summed E-state index contributed by atoms with van der Waals surface area (Å²) in [7, 11) is 0. The highest BCUT2D eigenvalue weighted by Crippen LogP contribution is 2.24. The first-order valence-corrected chi connectivity index (χ1v) is 5.18. The van der Waals surface area contributed by atoms with Crippen LogP contribution in [0, 0.1) is 5.41 Å². The van der Waals surface area contributed by atoms with Crippen LogP contribution in [0.3, 0.4) is 0 Å². The molecule has 0 aliphatic rings. The van der Waals surface area contributed by atoms with E-state index in [0.717, 1.165) is 0 Å². The van der Waals surface area contributed by atoms with E-state index in [1.807, 2.05) is 6.07 Å². The second-order valence-corrected chi connectivity index (χ2v) is 4.47. The number of esters is 1. The first-order valence-electron chi connectivity index (χ1n) is 5.18. The van der Waals surface area contributed by atoms with Crippen LogP contribution in [0.15, 0.2) is 30.3 Å². The van der Waals surface area contributed by atoms with Gasteiger partial charge in [-0.3, -0.25) is 9.59 Å². The van der Waals surface area contributed by atoms with Crippen molar-refractivity contribution in [2.45, 2.75) is 27.2 Å². The lowest BCUT2D eigenvalue weighted by Crippen LogP contribution is -2.30. The van der Waals surface area contributed by atoms with E-state index in [1.165, 1.54) is 6.92 Å². The van der Waals surface area contributed by atoms with Crippen molar-refractivity contribution in [3.05, 3.63) is 30.3 Å². The number of ketones is 1. The Balaban J connectivity index is 2.68. The Bertz CT molecular complexity index is 379. The highest BCUT2D eigenvalue weighted by molar-refractivity contribution is 5.86. The molecule has 0 heterocycles. The molecule has 0 spiro atoms. The molecule has 0 atom stereocenters. The van der Waals surface area contributed by atoms with Gasteiger partial charge in [-0.15, -0.1) is 0 Å². The summed E-state index contributed by atoms with van der Waals surface area (Å²) in [6.45, 7) is 4.89. The molecule has 0 N–H and O–H groups in total. The summed E-state index contributed by atoms with van der Waals surface area (Å²) in [5.74, 6) is 0.105. The summed E-state index contributed by atoms with van der Waals surface area (Å²) in [5, 5.41) is 0. The number of hydrogen-bond donors (Lipinski definition) is 0. The van der Waals surface area contributed by atoms with E-state index in [2.05, 4.69) is 0 Å². The Labute approximate surface area is 95.4 Å². The SMILES string of the molecule is CC(=O)CC(C)(C)C(=O)Oc1ccccc1. The van der Waals surface area contributed by atoms with Gasteiger partial charge in [-0.05, 0) is 32.9 Å². The first kappa shape index (κ1) is 12.4. The number of para-hydroxylation sites is 1. The summed E-state index contributed by atoms with van der Waals surface area (Å²) in [4.78, 5) is 22.8. The van der Waals surface area contributed by atoms with E-state index >= 15 is 0 Å². The average molecular weight is 220 g/mol. The molecule has 0 radical (unpaired) electrons. The maximum Gasteiger partial charge on any atom is 0.317 e. The molecule has 0 fully saturated rings. The Morgan fingerprint density at radius 3 is 2.25 bits per heavy atom. The summed E-state index contributed by atoms with van der Waals surface area (Å²) < 4.78 is 5.19. The number of ether oxygens (including phenoxy) is 1. The maximum atomic E-state index is 11.8. The lowest BCUT2D eigenvalue weighted by molar-refractivity contribution is -0.146. The second kappa shape index (κ2) is 4.92. The van der Waals surface area contributed by atoms with E-state index in [4.69, 9.17) is 4.74 Å². The zero-order chi connectivity index (χ0) is 12.2. The van der Waals surface area contributed by atoms with Crippen molar-refractivity contribution in [2.75, 3.05) is 0 Å². The fourth-order valence-electron chi connectivity index (χ4n) is 1.43. The summed E-state index contributed by atoms with van der Waals surface area (Å²) in [5.41, 5.74) is -0.776. The van der Waals surface area contributed by atoms with E-state index < -0.39 is 5.41 Å². The van der Waals surface area contributed by atoms with E-state index in [1.54, 1.807) is 38.1 Å². The predicted molar refractivity (Wildman–Crippen MR) is 61.2 cm³/mol. The molecule has 1 aromatic rings. The quantitative estimate of drug-likeness (QED) is 0.578. The van der Waals surface area contributed by atoms with Crippen molar-refractivity contribution < 1.29 is 14.3 Å². The number of Topliss-reactive ketones (excluding diaryl/α,β-unsaturated/α-hetero) is 1. The molecule has 86 valence electrons. The van der Waals surface area contributed by atoms with Gasteiger partial charge in [0.05, 0.1) is 5.41 Å². The largest absolute Gasteiger partial charge is 0.426 e. The van der Waals surface area contributed by atoms with E-state index in [9.17, 15) is 9.59 Å². The molecular formula is C13H16O3. The second-order valence-electron chi connectivity index (χ2n) is 4.47. The topological polar surface area (TPSA) is 43.4 Å². The molecule has 1 aromatic carbocycles. The Kier molecular flexibility index (Phi) is 3.82. The minimum absolute atomic E-state index is 0.0185. The average Bonchev–Trinajstić information content (AvgIpc) is 2.17. The van der Waals surface area contributed by atoms with Crippen LogP contribution < -0.4 is 4.74 Å². The number of rotatable bonds is 4. The smallest absolute Gasteiger partial charge is 0.317 e. The number of carbonyl (C=O) groups excluding carboxylic acids is 2. The molecule has 0 bridgehead atoms. The fourth-order valence-corrected chi connectivity index (χ4v) is 1.43. The maximum absolute atomic E-state index is 11.8. The van der Waals surface area contributed by atoms with Gasteiger partial charge >= 0.3 is 5.97 Å². The minimum atomic E-state index is -0.776. The van der Waals surface area contributed by atoms with Crippen LogP contribution in [0.4, 0.5) is 0 Å². The van der Waals surface area contributed by atoms with Crippen LogP contribution in [0.5, 0.6) is 5.75 Å². The molecule has 3 nitrogen and oxygen atoms in total. The molecule has 0 amide bonds. The Morgan fingerprint density at radius 1 is 1.19 bits per heavy atom. The van der Waals surface area contributed by atoms with Crippen LogP contribution >= 0.6 is 0 Å². The van der Waals surface area contributed by atoms with Crippen LogP contribution in [0.1, 0.15) is 27.2 Å². The highest BCUT2D eigenvalue weighted by atomic mass is 16.5. The molecule has 1 rings (SSSR count). The van der Waals surface area contributed by atoms with Crippen LogP contribution in [-0.4, -0.2) is 11.8 Å². The van der Waals surface area contributed by atoms with Crippen LogP contribution in [0.25, 0.3) is 0 Å². The van der Waals surface area contributed by atoms with Gasteiger partial charge in [0.1, 0.15) is 11.5 Å². The summed E-state index contributed by atoms with van der Waals surface area (Å²) in [6, 6.07) is 8.85. The van der Waals surface area contributed by atoms with Crippen LogP contribution in [0.2, 0.25) is 0 Å². The van der Waals surface area contributed by atoms with Gasteiger partial charge in [0.25, 0.3) is 0 Å². The van der Waals surface area contributed by atoms with Crippen molar-refractivity contribution in [3.8, 4) is 5.75 Å². The number of carbonyl (C=O) groups is 2. The molecule has 0 saturated heterocycles. The fraction of sp³-hybridized carbons (Fsp3) is 0.385. The van der Waals surface area contributed by atoms with Crippen molar-refractivity contribution in [1.29, 1.82) is 0 Å². The van der Waals surface area contributed by atoms with Crippen molar-refractivity contribution in [3.63, 3.8) is 0 Å². The molecule has 0 aromatic heterocycles. The summed E-state index contributed by atoms with van der Waals surface area (Å²) in [6.07, 6.45) is 0.193. The van der Waals surface area contributed by atoms with Crippen molar-refractivity contribution in [2.24, 2.45) is 5.41 Å². The van der Waals surface area contributed by atoms with Gasteiger partial charge in [-0.25, -0.2) is 0 Å². The van der Waals surface area contributed by atoms with Gasteiger partial charge < -0.3 is 4.74 Å². The third-order valence-corrected chi connectivity index (χ3v) is 2.20. The van der Waals surface area contributed by atoms with E-state index in [-0.39, 0.29) is 18.2 Å². The highest BCUT2D eigenvalue weighted by Gasteiger charge is 2.31. The third-order valence-electron chi connectivity index (χ3n) is 2.20. The zero-order valence-electron chi connectivity index (χ0n) is 9.82. The van der Waals surface area contributed by atoms with E-state index in [0.29, 0.717) is 5.75 Å². The lowest BCUT2D eigenvalue weighted by atomic mass is 9.88. The van der Waals surface area contributed by atoms with Gasteiger partial charge in [-0.2, -0.15) is 0 Å². The van der Waals surface area contributed by atoms with Crippen LogP contribution in [-0.2, 0) is 9.59 Å². The van der Waals surface area contributed by atoms with Gasteiger partial charge in [0, 0.05) is 6.42 Å². The van der Waals surface area contributed by atoms with Crippen molar-refractivity contribution >= 4 is 11.8 Å². The Hall–Kier alpha value is -1.64. The van der Waals surface area contributed by atoms with Gasteiger partial charge in [0.2, 0.25) is 0 Å². The van der Waals surface area contributed by atoms with Crippen molar-refractivity contribution in [1.82, 2.24) is 0 Å². The molecular weight excluding hydrogens is 204 g/mol. The predicted octanol–water partition coefficient (Wildman–Crippen LogP) is 2.60. The lowest BCUT2D eigenvalue weighted by Gasteiger charge is -2.20. The first-order chi connectivity index (χ1) is 7.42. The molecule has 0 saturated carbocycles. The number of hydrogen-bond acceptors (Lipinski definition) is 3. The van der Waals surface area contributed by atoms with Gasteiger partial charge in [-0.1, -0.05) is 18.2 Å². The third kappa shape index (κ3) is 3.50. The standard InChI is InChI=1S/C13H16O3/c1-10(14)9-13(2,3)12(15)16-11-7-5-4-6-8-11/h4-8H,9H2,1-3H3. The summed E-state index contributed by atoms with van der Waals surface area (Å²) >= 11 is 0. The normalized spacial score (nSPS) is 10.9. The molecule has 0 unspecified atom stereocenters. The Morgan fingerprint density at radius 2 is 1.75 bits per heavy atom. The van der Waals surface area contributed by atoms with Gasteiger partial charge in [0.15, 0.2) is 0 Å².